The van der Waals surface area contributed by atoms with Gasteiger partial charge in [-0.25, -0.2) is 29.1 Å². The summed E-state index contributed by atoms with van der Waals surface area (Å²) in [7, 11) is 3.87. The van der Waals surface area contributed by atoms with Gasteiger partial charge < -0.3 is 59.7 Å². The molecular formula is C65H79N11O10S. The highest BCUT2D eigenvalue weighted by atomic mass is 32.1. The van der Waals surface area contributed by atoms with E-state index in [-0.39, 0.29) is 66.7 Å². The molecule has 5 N–H and O–H groups in total. The molecule has 87 heavy (non-hydrogen) atoms. The van der Waals surface area contributed by atoms with Crippen molar-refractivity contribution in [2.45, 2.75) is 122 Å². The zero-order chi connectivity index (χ0) is 61.3. The van der Waals surface area contributed by atoms with Crippen molar-refractivity contribution < 1.29 is 47.8 Å². The van der Waals surface area contributed by atoms with Crippen molar-refractivity contribution in [3.05, 3.63) is 114 Å². The van der Waals surface area contributed by atoms with Gasteiger partial charge >= 0.3 is 24.2 Å². The third-order valence-corrected chi connectivity index (χ3v) is 18.8. The van der Waals surface area contributed by atoms with Gasteiger partial charge in [0.15, 0.2) is 0 Å². The van der Waals surface area contributed by atoms with E-state index in [0.29, 0.717) is 73.6 Å². The van der Waals surface area contributed by atoms with Crippen LogP contribution in [0.3, 0.4) is 0 Å². The van der Waals surface area contributed by atoms with E-state index < -0.39 is 30.2 Å². The largest absolute Gasteiger partial charge is 0.465 e. The molecule has 3 aromatic carbocycles. The highest BCUT2D eigenvalue weighted by Crippen LogP contribution is 2.42. The zero-order valence-corrected chi connectivity index (χ0v) is 51.2. The van der Waals surface area contributed by atoms with Crippen molar-refractivity contribution in [1.82, 2.24) is 50.6 Å². The second-order valence-corrected chi connectivity index (χ2v) is 24.6. The van der Waals surface area contributed by atoms with Gasteiger partial charge in [0.25, 0.3) is 0 Å². The van der Waals surface area contributed by atoms with Crippen molar-refractivity contribution >= 4 is 58.9 Å². The van der Waals surface area contributed by atoms with Gasteiger partial charge in [-0.1, -0.05) is 99.6 Å². The SMILES string of the molecule is COC(=O)N[C@@H](CCNC(=O)N1CCC(N(C(=O)C2CCC(C)CC2)c2cc(-c3ccccc3)sc2C(=O)OC)CC1)C(=O)N1CCC[C@H]1c1ncc(-c2ccc(-c3ccc(-c4cnc([C@@H]5CCCN5C(=O)[C@@H](NC(=O)OC)C(C)C)[nH]4)cc3)cc2)[nH]1. The number of nitrogens with one attached hydrogen (secondary N) is 5. The van der Waals surface area contributed by atoms with Crippen molar-refractivity contribution in [2.24, 2.45) is 17.8 Å². The number of likely N-dealkylation sites (tertiary alicyclic amines) is 3. The first kappa shape index (κ1) is 61.6. The molecule has 3 saturated heterocycles. The number of carbonyl (C=O) groups excluding carboxylic acids is 7. The standard InChI is InChI=1S/C65H79N11O10S/c1-39(2)55(72-65(83)86-6)61(79)75-33-11-15-52(75)58-68-38-50(70-58)44-26-22-42(23-27-44)41-20-24-43(25-21-41)49-37-67-57(69-49)51-14-10-32-74(51)60(78)48(71-64(82)85-5)28-31-66-63(81)73-34-29-47(30-35-73)76(59(77)46-18-16-40(3)17-19-46)53-36-54(45-12-8-7-9-13-45)87-56(53)62(80)84-4/h7-9,12-13,20-27,36-40,46-48,51-52,55H,10-11,14-19,28-35H2,1-6H3,(H,66,81)(H,67,69)(H,68,70)(H,71,82)(H,72,83)/t40?,46?,48-,51-,52-,55-/m0/s1. The molecule has 4 aliphatic rings. The molecule has 0 radical (unpaired) electrons. The first-order valence-corrected chi connectivity index (χ1v) is 31.2. The van der Waals surface area contributed by atoms with Crippen LogP contribution in [0.25, 0.3) is 44.1 Å². The van der Waals surface area contributed by atoms with Gasteiger partial charge in [-0.15, -0.1) is 11.3 Å². The number of piperidine rings is 1. The second-order valence-electron chi connectivity index (χ2n) is 23.5. The summed E-state index contributed by atoms with van der Waals surface area (Å²) < 4.78 is 15.0. The maximum atomic E-state index is 14.7. The van der Waals surface area contributed by atoms with E-state index in [1.54, 1.807) is 27.1 Å². The number of benzene rings is 3. The quantitative estimate of drug-likeness (QED) is 0.0398. The van der Waals surface area contributed by atoms with Crippen LogP contribution in [0.1, 0.15) is 125 Å². The van der Waals surface area contributed by atoms with Crippen LogP contribution in [0.15, 0.2) is 97.3 Å². The Balaban J connectivity index is 0.743. The molecule has 0 unspecified atom stereocenters. The molecule has 460 valence electrons. The first-order valence-electron chi connectivity index (χ1n) is 30.4. The molecule has 21 nitrogen and oxygen atoms in total. The van der Waals surface area contributed by atoms with E-state index in [4.69, 9.17) is 24.2 Å². The lowest BCUT2D eigenvalue weighted by atomic mass is 9.82. The first-order chi connectivity index (χ1) is 42.1. The summed E-state index contributed by atoms with van der Waals surface area (Å²) in [6.07, 6.45) is 9.65. The summed E-state index contributed by atoms with van der Waals surface area (Å²) in [4.78, 5) is 119. The molecule has 6 heterocycles. The number of carbonyl (C=O) groups is 7. The van der Waals surface area contributed by atoms with Crippen LogP contribution in [-0.2, 0) is 28.6 Å². The number of alkyl carbamates (subject to hydrolysis) is 2. The lowest BCUT2D eigenvalue weighted by Crippen LogP contribution is -2.53. The molecule has 3 aliphatic heterocycles. The van der Waals surface area contributed by atoms with Crippen LogP contribution >= 0.6 is 11.3 Å². The van der Waals surface area contributed by atoms with Crippen molar-refractivity contribution in [2.75, 3.05) is 59.0 Å². The van der Waals surface area contributed by atoms with E-state index in [9.17, 15) is 33.6 Å². The number of aromatic nitrogens is 4. The predicted octanol–water partition coefficient (Wildman–Crippen LogP) is 10.5. The highest BCUT2D eigenvalue weighted by Gasteiger charge is 2.41. The third-order valence-electron chi connectivity index (χ3n) is 17.6. The summed E-state index contributed by atoms with van der Waals surface area (Å²) in [5.41, 5.74) is 6.98. The summed E-state index contributed by atoms with van der Waals surface area (Å²) in [5, 5.41) is 8.39. The van der Waals surface area contributed by atoms with E-state index in [1.807, 2.05) is 91.5 Å². The minimum absolute atomic E-state index is 0.00218. The maximum absolute atomic E-state index is 14.7. The molecule has 1 aliphatic carbocycles. The Hall–Kier alpha value is -8.53. The topological polar surface area (TPSA) is 254 Å². The van der Waals surface area contributed by atoms with Crippen molar-refractivity contribution in [1.29, 1.82) is 0 Å². The fourth-order valence-electron chi connectivity index (χ4n) is 12.7. The number of hydrogen-bond donors (Lipinski definition) is 5. The number of amides is 7. The van der Waals surface area contributed by atoms with Gasteiger partial charge in [-0.3, -0.25) is 14.4 Å². The number of H-pyrrole nitrogens is 2. The van der Waals surface area contributed by atoms with Crippen LogP contribution in [0.2, 0.25) is 0 Å². The minimum atomic E-state index is -1.00. The molecule has 22 heteroatoms. The molecule has 3 aromatic heterocycles. The summed E-state index contributed by atoms with van der Waals surface area (Å²) >= 11 is 1.31. The van der Waals surface area contributed by atoms with E-state index in [2.05, 4.69) is 45.0 Å². The number of ether oxygens (including phenoxy) is 3. The summed E-state index contributed by atoms with van der Waals surface area (Å²) in [6.45, 7) is 7.82. The second kappa shape index (κ2) is 27.9. The normalized spacial score (nSPS) is 19.5. The Morgan fingerprint density at radius 1 is 0.644 bits per heavy atom. The average molecular weight is 1210 g/mol. The summed E-state index contributed by atoms with van der Waals surface area (Å²) in [5.74, 6) is 0.589. The van der Waals surface area contributed by atoms with E-state index in [0.717, 1.165) is 89.0 Å². The molecule has 4 atom stereocenters. The average Bonchev–Trinajstić information content (AvgIpc) is 2.38. The zero-order valence-electron chi connectivity index (χ0n) is 50.3. The van der Waals surface area contributed by atoms with Gasteiger partial charge in [-0.05, 0) is 116 Å². The van der Waals surface area contributed by atoms with Gasteiger partial charge in [0, 0.05) is 49.6 Å². The number of urea groups is 1. The lowest BCUT2D eigenvalue weighted by Gasteiger charge is -2.40. The number of imidazole rings is 2. The Morgan fingerprint density at radius 3 is 1.72 bits per heavy atom. The van der Waals surface area contributed by atoms with E-state index >= 15 is 0 Å². The number of anilines is 1. The van der Waals surface area contributed by atoms with Gasteiger partial charge in [0.1, 0.15) is 28.6 Å². The van der Waals surface area contributed by atoms with Crippen LogP contribution in [0.4, 0.5) is 20.1 Å². The van der Waals surface area contributed by atoms with Crippen molar-refractivity contribution in [3.63, 3.8) is 0 Å². The Kier molecular flexibility index (Phi) is 19.7. The molecule has 6 aromatic rings. The molecule has 0 spiro atoms. The lowest BCUT2D eigenvalue weighted by molar-refractivity contribution is -0.135. The molecule has 7 amide bonds. The number of rotatable bonds is 18. The monoisotopic (exact) mass is 1210 g/mol. The number of nitrogens with zero attached hydrogens (tertiary/aromatic N) is 6. The highest BCUT2D eigenvalue weighted by molar-refractivity contribution is 7.18. The van der Waals surface area contributed by atoms with Crippen LogP contribution < -0.4 is 20.9 Å². The van der Waals surface area contributed by atoms with Crippen LogP contribution in [-0.4, -0.2) is 149 Å². The Bertz CT molecular complexity index is 3380. The number of hydrogen-bond acceptors (Lipinski definition) is 13. The molecule has 10 rings (SSSR count). The van der Waals surface area contributed by atoms with Gasteiger partial charge in [-0.2, -0.15) is 0 Å². The Morgan fingerprint density at radius 2 is 1.18 bits per heavy atom. The smallest absolute Gasteiger partial charge is 0.407 e. The molecule has 1 saturated carbocycles. The fraction of sp³-hybridized carbons (Fsp3) is 0.462. The minimum Gasteiger partial charge on any atom is -0.465 e. The Labute approximate surface area is 511 Å². The summed E-state index contributed by atoms with van der Waals surface area (Å²) in [6, 6.07) is 25.1. The van der Waals surface area contributed by atoms with Crippen LogP contribution in [0.5, 0.6) is 0 Å². The number of methoxy groups -OCH3 is 3. The number of thiophene rings is 1. The molecule has 0 bridgehead atoms. The third kappa shape index (κ3) is 14.0. The van der Waals surface area contributed by atoms with Gasteiger partial charge in [0.05, 0.1) is 62.9 Å². The molecular weight excluding hydrogens is 1130 g/mol. The maximum Gasteiger partial charge on any atom is 0.407 e. The van der Waals surface area contributed by atoms with Gasteiger partial charge in [0.2, 0.25) is 17.7 Å². The van der Waals surface area contributed by atoms with E-state index in [1.165, 1.54) is 32.7 Å². The number of aromatic amines is 2. The molecule has 4 fully saturated rings. The van der Waals surface area contributed by atoms with Crippen LogP contribution in [0, 0.1) is 17.8 Å². The van der Waals surface area contributed by atoms with Crippen molar-refractivity contribution in [3.8, 4) is 44.1 Å². The predicted molar refractivity (Wildman–Crippen MR) is 330 cm³/mol. The number of esters is 1. The fourth-order valence-corrected chi connectivity index (χ4v) is 13.7.